The first kappa shape index (κ1) is 36.8. The summed E-state index contributed by atoms with van der Waals surface area (Å²) in [6, 6.07) is 21.0. The first-order valence-electron chi connectivity index (χ1n) is 15.0. The van der Waals surface area contributed by atoms with Gasteiger partial charge in [0.2, 0.25) is 21.8 Å². The van der Waals surface area contributed by atoms with E-state index in [-0.39, 0.29) is 43.5 Å². The SMILES string of the molecule is CC(C)CN(C[C@@H](O)[C@H](Cc1ccccc1)NC(=O)[C@H](CC(N)=O)NC(=O)OCc1ccccc1)S(=O)(=O)c1ccc(CN=O)cc1. The zero-order valence-corrected chi connectivity index (χ0v) is 27.1. The lowest BCUT2D eigenvalue weighted by atomic mass is 10.00. The van der Waals surface area contributed by atoms with E-state index in [1.165, 1.54) is 24.3 Å². The number of nitroso groups, excluding NO2 is 1. The third-order valence-corrected chi connectivity index (χ3v) is 8.93. The van der Waals surface area contributed by atoms with Gasteiger partial charge in [-0.05, 0) is 41.2 Å². The van der Waals surface area contributed by atoms with Crippen LogP contribution in [0, 0.1) is 10.8 Å². The number of amides is 3. The van der Waals surface area contributed by atoms with Crippen molar-refractivity contribution >= 4 is 27.9 Å². The Morgan fingerprint density at radius 1 is 0.872 bits per heavy atom. The number of nitrogens with one attached hydrogen (secondary N) is 2. The quantitative estimate of drug-likeness (QED) is 0.149. The maximum atomic E-state index is 13.7. The normalized spacial score (nSPS) is 13.4. The molecule has 0 spiro atoms. The minimum Gasteiger partial charge on any atom is -0.445 e. The number of ether oxygens (including phenoxy) is 1. The van der Waals surface area contributed by atoms with Gasteiger partial charge in [0.05, 0.1) is 23.5 Å². The van der Waals surface area contributed by atoms with E-state index in [2.05, 4.69) is 15.8 Å². The molecule has 0 aromatic heterocycles. The van der Waals surface area contributed by atoms with Gasteiger partial charge in [0.15, 0.2) is 0 Å². The molecule has 47 heavy (non-hydrogen) atoms. The highest BCUT2D eigenvalue weighted by Crippen LogP contribution is 2.20. The van der Waals surface area contributed by atoms with Crippen LogP contribution in [-0.2, 0) is 43.9 Å². The maximum absolute atomic E-state index is 13.7. The molecule has 0 bridgehead atoms. The summed E-state index contributed by atoms with van der Waals surface area (Å²) in [5, 5.41) is 19.4. The van der Waals surface area contributed by atoms with Crippen LogP contribution in [0.15, 0.2) is 95.0 Å². The lowest BCUT2D eigenvalue weighted by molar-refractivity contribution is -0.128. The molecular weight excluding hydrogens is 626 g/mol. The van der Waals surface area contributed by atoms with E-state index in [0.717, 1.165) is 9.87 Å². The number of carbonyl (C=O) groups is 3. The second-order valence-electron chi connectivity index (χ2n) is 11.4. The number of alkyl carbamates (subject to hydrolysis) is 1. The maximum Gasteiger partial charge on any atom is 0.408 e. The fourth-order valence-corrected chi connectivity index (χ4v) is 6.38. The average Bonchev–Trinajstić information content (AvgIpc) is 3.03. The molecule has 0 fully saturated rings. The minimum atomic E-state index is -4.12. The van der Waals surface area contributed by atoms with Crippen LogP contribution in [0.5, 0.6) is 0 Å². The molecule has 3 aromatic carbocycles. The van der Waals surface area contributed by atoms with E-state index in [4.69, 9.17) is 10.5 Å². The summed E-state index contributed by atoms with van der Waals surface area (Å²) < 4.78 is 33.8. The van der Waals surface area contributed by atoms with E-state index in [0.29, 0.717) is 11.1 Å². The molecule has 3 atom stereocenters. The number of sulfonamides is 1. The van der Waals surface area contributed by atoms with Crippen molar-refractivity contribution in [3.63, 3.8) is 0 Å². The summed E-state index contributed by atoms with van der Waals surface area (Å²) in [6.45, 7) is 3.14. The van der Waals surface area contributed by atoms with Crippen molar-refractivity contribution in [3.05, 3.63) is 107 Å². The highest BCUT2D eigenvalue weighted by atomic mass is 32.2. The summed E-state index contributed by atoms with van der Waals surface area (Å²) in [4.78, 5) is 48.5. The molecule has 0 saturated heterocycles. The standard InChI is InChI=1S/C33H41N5O8S/c1-23(2)20-38(47(44,45)27-15-13-25(14-16-27)19-35-43)21-30(39)28(17-24-9-5-3-6-10-24)36-32(41)29(18-31(34)40)37-33(42)46-22-26-11-7-4-8-12-26/h3-16,23,28-30,39H,17-22H2,1-2H3,(H2,34,40)(H,36,41)(H,37,42)/t28-,29-,30+/m0/s1. The Balaban J connectivity index is 1.83. The predicted molar refractivity (Wildman–Crippen MR) is 175 cm³/mol. The molecular formula is C33H41N5O8S. The molecule has 0 aliphatic carbocycles. The van der Waals surface area contributed by atoms with Crippen molar-refractivity contribution in [2.24, 2.45) is 16.8 Å². The van der Waals surface area contributed by atoms with Crippen molar-refractivity contribution in [3.8, 4) is 0 Å². The Hall–Kier alpha value is -4.66. The lowest BCUT2D eigenvalue weighted by Crippen LogP contribution is -2.56. The Labute approximate surface area is 274 Å². The molecule has 14 heteroatoms. The number of aliphatic hydroxyl groups excluding tert-OH is 1. The van der Waals surface area contributed by atoms with Crippen molar-refractivity contribution in [2.75, 3.05) is 13.1 Å². The molecule has 0 saturated carbocycles. The van der Waals surface area contributed by atoms with Gasteiger partial charge >= 0.3 is 6.09 Å². The van der Waals surface area contributed by atoms with Crippen LogP contribution in [0.2, 0.25) is 0 Å². The second-order valence-corrected chi connectivity index (χ2v) is 13.4. The predicted octanol–water partition coefficient (Wildman–Crippen LogP) is 2.86. The number of rotatable bonds is 18. The first-order valence-corrected chi connectivity index (χ1v) is 16.5. The number of carbonyl (C=O) groups excluding carboxylic acids is 3. The van der Waals surface area contributed by atoms with Crippen LogP contribution in [-0.4, -0.2) is 67.0 Å². The van der Waals surface area contributed by atoms with E-state index < -0.39 is 52.5 Å². The molecule has 3 aromatic rings. The Morgan fingerprint density at radius 3 is 2.02 bits per heavy atom. The minimum absolute atomic E-state index is 0.0385. The van der Waals surface area contributed by atoms with Crippen LogP contribution in [0.25, 0.3) is 0 Å². The number of hydrogen-bond acceptors (Lipinski definition) is 9. The smallest absolute Gasteiger partial charge is 0.408 e. The van der Waals surface area contributed by atoms with Crippen molar-refractivity contribution in [1.82, 2.24) is 14.9 Å². The summed E-state index contributed by atoms with van der Waals surface area (Å²) in [5.41, 5.74) is 7.36. The summed E-state index contributed by atoms with van der Waals surface area (Å²) in [5.74, 6) is -1.81. The second kappa shape index (κ2) is 17.9. The molecule has 252 valence electrons. The molecule has 0 aliphatic heterocycles. The van der Waals surface area contributed by atoms with Crippen LogP contribution in [0.3, 0.4) is 0 Å². The van der Waals surface area contributed by atoms with Gasteiger partial charge in [-0.15, -0.1) is 0 Å². The van der Waals surface area contributed by atoms with E-state index in [1.807, 2.05) is 13.8 Å². The number of primary amides is 1. The van der Waals surface area contributed by atoms with E-state index in [1.54, 1.807) is 60.7 Å². The molecule has 0 unspecified atom stereocenters. The molecule has 3 rings (SSSR count). The molecule has 0 aliphatic rings. The van der Waals surface area contributed by atoms with Gasteiger partial charge < -0.3 is 26.2 Å². The zero-order chi connectivity index (χ0) is 34.4. The van der Waals surface area contributed by atoms with Crippen molar-refractivity contribution in [2.45, 2.75) is 62.9 Å². The van der Waals surface area contributed by atoms with E-state index in [9.17, 15) is 32.8 Å². The van der Waals surface area contributed by atoms with Crippen LogP contribution in [0.4, 0.5) is 4.79 Å². The van der Waals surface area contributed by atoms with Gasteiger partial charge in [-0.1, -0.05) is 91.8 Å². The summed E-state index contributed by atoms with van der Waals surface area (Å²) in [7, 11) is -4.12. The fourth-order valence-electron chi connectivity index (χ4n) is 4.76. The van der Waals surface area contributed by atoms with Crippen molar-refractivity contribution < 1.29 is 32.6 Å². The van der Waals surface area contributed by atoms with Gasteiger partial charge in [-0.3, -0.25) is 9.59 Å². The van der Waals surface area contributed by atoms with Gasteiger partial charge in [0, 0.05) is 13.1 Å². The van der Waals surface area contributed by atoms with Crippen LogP contribution >= 0.6 is 0 Å². The highest BCUT2D eigenvalue weighted by Gasteiger charge is 2.33. The summed E-state index contributed by atoms with van der Waals surface area (Å²) in [6.07, 6.45) is -2.84. The number of aliphatic hydroxyl groups is 1. The van der Waals surface area contributed by atoms with Crippen LogP contribution < -0.4 is 16.4 Å². The molecule has 13 nitrogen and oxygen atoms in total. The van der Waals surface area contributed by atoms with Gasteiger partial charge in [-0.25, -0.2) is 13.2 Å². The molecule has 0 heterocycles. The van der Waals surface area contributed by atoms with Crippen LogP contribution in [0.1, 0.15) is 37.0 Å². The third-order valence-electron chi connectivity index (χ3n) is 7.08. The largest absolute Gasteiger partial charge is 0.445 e. The summed E-state index contributed by atoms with van der Waals surface area (Å²) >= 11 is 0. The highest BCUT2D eigenvalue weighted by molar-refractivity contribution is 7.89. The molecule has 3 amide bonds. The van der Waals surface area contributed by atoms with E-state index >= 15 is 0 Å². The number of nitrogens with two attached hydrogens (primary N) is 1. The number of hydrogen-bond donors (Lipinski definition) is 4. The van der Waals surface area contributed by atoms with Gasteiger partial charge in [0.1, 0.15) is 19.2 Å². The van der Waals surface area contributed by atoms with Crippen molar-refractivity contribution in [1.29, 1.82) is 0 Å². The lowest BCUT2D eigenvalue weighted by Gasteiger charge is -2.31. The Kier molecular flexibility index (Phi) is 14.0. The average molecular weight is 668 g/mol. The van der Waals surface area contributed by atoms with Gasteiger partial charge in [-0.2, -0.15) is 9.21 Å². The zero-order valence-electron chi connectivity index (χ0n) is 26.3. The Morgan fingerprint density at radius 2 is 1.47 bits per heavy atom. The Bertz CT molecular complexity index is 1570. The first-order chi connectivity index (χ1) is 22.4. The molecule has 0 radical (unpaired) electrons. The van der Waals surface area contributed by atoms with Gasteiger partial charge in [0.25, 0.3) is 0 Å². The third kappa shape index (κ3) is 11.9. The number of nitrogens with zero attached hydrogens (tertiary/aromatic N) is 2. The number of benzene rings is 3. The fraction of sp³-hybridized carbons (Fsp3) is 0.364. The molecule has 5 N–H and O–H groups in total. The topological polar surface area (TPSA) is 198 Å². The monoisotopic (exact) mass is 667 g/mol.